The number of rotatable bonds is 9. The molecule has 0 aliphatic rings. The number of ether oxygens (including phenoxy) is 2. The van der Waals surface area contributed by atoms with Gasteiger partial charge in [0.1, 0.15) is 0 Å². The van der Waals surface area contributed by atoms with Crippen LogP contribution in [0.3, 0.4) is 0 Å². The van der Waals surface area contributed by atoms with Crippen LogP contribution in [-0.2, 0) is 5.75 Å². The van der Waals surface area contributed by atoms with Crippen LogP contribution in [0.15, 0.2) is 48.5 Å². The second-order valence-electron chi connectivity index (χ2n) is 5.34. The van der Waals surface area contributed by atoms with E-state index in [2.05, 4.69) is 34.9 Å². The van der Waals surface area contributed by atoms with Gasteiger partial charge in [0.25, 0.3) is 0 Å². The van der Waals surface area contributed by atoms with E-state index in [4.69, 9.17) is 21.7 Å². The number of methoxy groups -OCH3 is 2. The fourth-order valence-corrected chi connectivity index (χ4v) is 3.37. The molecule has 0 bridgehead atoms. The van der Waals surface area contributed by atoms with Gasteiger partial charge in [0, 0.05) is 24.1 Å². The lowest BCUT2D eigenvalue weighted by Crippen LogP contribution is -2.29. The molecule has 2 aromatic carbocycles. The Morgan fingerprint density at radius 1 is 1.04 bits per heavy atom. The lowest BCUT2D eigenvalue weighted by Gasteiger charge is -2.13. The molecule has 0 atom stereocenters. The highest BCUT2D eigenvalue weighted by molar-refractivity contribution is 7.98. The highest BCUT2D eigenvalue weighted by atomic mass is 32.2. The largest absolute Gasteiger partial charge is 0.493 e. The Hall–Kier alpha value is -1.92. The number of thiocarbonyl (C=S) groups is 1. The van der Waals surface area contributed by atoms with E-state index in [9.17, 15) is 0 Å². The zero-order valence-corrected chi connectivity index (χ0v) is 16.2. The number of hydrogen-bond donors (Lipinski definition) is 2. The third kappa shape index (κ3) is 6.84. The van der Waals surface area contributed by atoms with Gasteiger partial charge in [0.2, 0.25) is 0 Å². The molecule has 134 valence electrons. The molecule has 0 saturated carbocycles. The summed E-state index contributed by atoms with van der Waals surface area (Å²) in [6.07, 6.45) is 1.06. The Balaban J connectivity index is 1.64. The summed E-state index contributed by atoms with van der Waals surface area (Å²) in [6, 6.07) is 16.1. The molecule has 0 aliphatic heterocycles. The third-order valence-electron chi connectivity index (χ3n) is 3.50. The predicted octanol–water partition coefficient (Wildman–Crippen LogP) is 4.31. The molecule has 0 spiro atoms. The van der Waals surface area contributed by atoms with Crippen LogP contribution in [0.4, 0.5) is 5.69 Å². The van der Waals surface area contributed by atoms with Crippen molar-refractivity contribution in [1.82, 2.24) is 5.32 Å². The molecule has 6 heteroatoms. The maximum Gasteiger partial charge on any atom is 0.170 e. The highest BCUT2D eigenvalue weighted by Crippen LogP contribution is 2.29. The quantitative estimate of drug-likeness (QED) is 0.502. The first-order valence-electron chi connectivity index (χ1n) is 8.11. The second-order valence-corrected chi connectivity index (χ2v) is 6.86. The monoisotopic (exact) mass is 376 g/mol. The van der Waals surface area contributed by atoms with Crippen LogP contribution in [0, 0.1) is 0 Å². The van der Waals surface area contributed by atoms with Crippen molar-refractivity contribution >= 4 is 34.8 Å². The minimum absolute atomic E-state index is 0.611. The Morgan fingerprint density at radius 3 is 2.52 bits per heavy atom. The summed E-state index contributed by atoms with van der Waals surface area (Å²) in [5, 5.41) is 7.00. The van der Waals surface area contributed by atoms with Gasteiger partial charge in [-0.2, -0.15) is 11.8 Å². The minimum atomic E-state index is 0.611. The summed E-state index contributed by atoms with van der Waals surface area (Å²) >= 11 is 7.27. The van der Waals surface area contributed by atoms with E-state index >= 15 is 0 Å². The maximum atomic E-state index is 5.33. The van der Waals surface area contributed by atoms with E-state index in [1.807, 2.05) is 36.0 Å². The van der Waals surface area contributed by atoms with Gasteiger partial charge in [0.05, 0.1) is 14.2 Å². The van der Waals surface area contributed by atoms with Gasteiger partial charge in [-0.1, -0.05) is 30.3 Å². The molecule has 0 aromatic heterocycles. The molecule has 2 N–H and O–H groups in total. The number of benzene rings is 2. The first-order valence-corrected chi connectivity index (χ1v) is 9.67. The topological polar surface area (TPSA) is 42.5 Å². The Kier molecular flexibility index (Phi) is 8.42. The number of anilines is 1. The van der Waals surface area contributed by atoms with E-state index in [-0.39, 0.29) is 0 Å². The van der Waals surface area contributed by atoms with Crippen LogP contribution in [0.25, 0.3) is 0 Å². The molecule has 0 amide bonds. The fraction of sp³-hybridized carbons (Fsp3) is 0.316. The molecule has 2 rings (SSSR count). The summed E-state index contributed by atoms with van der Waals surface area (Å²) in [5.41, 5.74) is 2.24. The Labute approximate surface area is 159 Å². The van der Waals surface area contributed by atoms with Crippen LogP contribution in [-0.4, -0.2) is 31.6 Å². The molecule has 0 radical (unpaired) electrons. The summed E-state index contributed by atoms with van der Waals surface area (Å²) in [5.74, 6) is 3.52. The molecular formula is C19H24N2O2S2. The van der Waals surface area contributed by atoms with E-state index in [0.717, 1.165) is 30.2 Å². The van der Waals surface area contributed by atoms with E-state index in [1.54, 1.807) is 14.2 Å². The van der Waals surface area contributed by atoms with Crippen molar-refractivity contribution in [3.05, 3.63) is 54.1 Å². The number of hydrogen-bond acceptors (Lipinski definition) is 4. The van der Waals surface area contributed by atoms with Gasteiger partial charge in [0.15, 0.2) is 16.6 Å². The van der Waals surface area contributed by atoms with E-state index in [0.29, 0.717) is 16.6 Å². The summed E-state index contributed by atoms with van der Waals surface area (Å²) in [7, 11) is 3.23. The molecule has 0 aliphatic carbocycles. The van der Waals surface area contributed by atoms with Crippen molar-refractivity contribution in [2.24, 2.45) is 0 Å². The maximum absolute atomic E-state index is 5.33. The molecule has 0 saturated heterocycles. The molecule has 0 unspecified atom stereocenters. The molecular weight excluding hydrogens is 352 g/mol. The van der Waals surface area contributed by atoms with Crippen molar-refractivity contribution in [3.8, 4) is 11.5 Å². The van der Waals surface area contributed by atoms with E-state index < -0.39 is 0 Å². The smallest absolute Gasteiger partial charge is 0.170 e. The van der Waals surface area contributed by atoms with Crippen LogP contribution in [0.1, 0.15) is 12.0 Å². The third-order valence-corrected chi connectivity index (χ3v) is 4.87. The molecule has 4 nitrogen and oxygen atoms in total. The zero-order valence-electron chi connectivity index (χ0n) is 14.6. The van der Waals surface area contributed by atoms with Crippen LogP contribution >= 0.6 is 24.0 Å². The van der Waals surface area contributed by atoms with Gasteiger partial charge >= 0.3 is 0 Å². The normalized spacial score (nSPS) is 10.2. The van der Waals surface area contributed by atoms with Crippen molar-refractivity contribution in [2.75, 3.05) is 31.8 Å². The summed E-state index contributed by atoms with van der Waals surface area (Å²) in [4.78, 5) is 0. The number of nitrogens with one attached hydrogen (secondary N) is 2. The van der Waals surface area contributed by atoms with E-state index in [1.165, 1.54) is 5.56 Å². The SMILES string of the molecule is COc1ccc(NC(=S)NCCCSCc2ccccc2)cc1OC. The lowest BCUT2D eigenvalue weighted by atomic mass is 10.2. The van der Waals surface area contributed by atoms with Crippen molar-refractivity contribution < 1.29 is 9.47 Å². The molecule has 0 fully saturated rings. The van der Waals surface area contributed by atoms with Crippen LogP contribution in [0.2, 0.25) is 0 Å². The van der Waals surface area contributed by atoms with Crippen molar-refractivity contribution in [2.45, 2.75) is 12.2 Å². The van der Waals surface area contributed by atoms with Crippen molar-refractivity contribution in [3.63, 3.8) is 0 Å². The highest BCUT2D eigenvalue weighted by Gasteiger charge is 2.05. The zero-order chi connectivity index (χ0) is 17.9. The summed E-state index contributed by atoms with van der Waals surface area (Å²) < 4.78 is 10.5. The number of thioether (sulfide) groups is 1. The van der Waals surface area contributed by atoms with Gasteiger partial charge < -0.3 is 20.1 Å². The van der Waals surface area contributed by atoms with Crippen molar-refractivity contribution in [1.29, 1.82) is 0 Å². The lowest BCUT2D eigenvalue weighted by molar-refractivity contribution is 0.355. The minimum Gasteiger partial charge on any atom is -0.493 e. The summed E-state index contributed by atoms with van der Waals surface area (Å²) in [6.45, 7) is 0.848. The first-order chi connectivity index (χ1) is 12.2. The average Bonchev–Trinajstić information content (AvgIpc) is 2.65. The first kappa shape index (κ1) is 19.4. The Morgan fingerprint density at radius 2 is 1.80 bits per heavy atom. The Bertz CT molecular complexity index is 666. The van der Waals surface area contributed by atoms with Gasteiger partial charge in [-0.25, -0.2) is 0 Å². The van der Waals surface area contributed by atoms with Gasteiger partial charge in [-0.05, 0) is 42.1 Å². The molecule has 25 heavy (non-hydrogen) atoms. The fourth-order valence-electron chi connectivity index (χ4n) is 2.23. The van der Waals surface area contributed by atoms with Crippen LogP contribution < -0.4 is 20.1 Å². The average molecular weight is 377 g/mol. The van der Waals surface area contributed by atoms with Gasteiger partial charge in [-0.15, -0.1) is 0 Å². The molecule has 0 heterocycles. The molecule has 2 aromatic rings. The van der Waals surface area contributed by atoms with Gasteiger partial charge in [-0.3, -0.25) is 0 Å². The standard InChI is InChI=1S/C19H24N2O2S2/c1-22-17-10-9-16(13-18(17)23-2)21-19(24)20-11-6-12-25-14-15-7-4-3-5-8-15/h3-5,7-10,13H,6,11-12,14H2,1-2H3,(H2,20,21,24). The predicted molar refractivity (Wildman–Crippen MR) is 111 cm³/mol. The van der Waals surface area contributed by atoms with Crippen LogP contribution in [0.5, 0.6) is 11.5 Å². The second kappa shape index (κ2) is 10.8.